The molecule has 3 atom stereocenters. The highest BCUT2D eigenvalue weighted by Crippen LogP contribution is 2.49. The van der Waals surface area contributed by atoms with Crippen LogP contribution in [0, 0.1) is 0 Å². The summed E-state index contributed by atoms with van der Waals surface area (Å²) in [6, 6.07) is 0. The van der Waals surface area contributed by atoms with E-state index >= 15 is 0 Å². The van der Waals surface area contributed by atoms with Gasteiger partial charge in [0.25, 0.3) is 0 Å². The lowest BCUT2D eigenvalue weighted by molar-refractivity contribution is -0.214. The highest BCUT2D eigenvalue weighted by atomic mass is 35.5. The molecule has 4 nitrogen and oxygen atoms in total. The summed E-state index contributed by atoms with van der Waals surface area (Å²) in [4.78, 5) is 11.3. The second-order valence-electron chi connectivity index (χ2n) is 8.51. The van der Waals surface area contributed by atoms with E-state index in [1.807, 2.05) is 0 Å². The van der Waals surface area contributed by atoms with E-state index in [4.69, 9.17) is 37.1 Å². The van der Waals surface area contributed by atoms with Crippen molar-refractivity contribution in [2.75, 3.05) is 6.61 Å². The Kier molecular flexibility index (Phi) is 6.83. The fourth-order valence-corrected chi connectivity index (χ4v) is 4.93. The van der Waals surface area contributed by atoms with E-state index in [2.05, 4.69) is 33.9 Å². The highest BCUT2D eigenvalue weighted by Gasteiger charge is 2.51. The molecule has 0 amide bonds. The Balaban J connectivity index is 2.21. The van der Waals surface area contributed by atoms with E-state index in [0.29, 0.717) is 23.1 Å². The van der Waals surface area contributed by atoms with Gasteiger partial charge in [0.1, 0.15) is 11.9 Å². The minimum Gasteiger partial charge on any atom is -0.409 e. The maximum Gasteiger partial charge on any atom is 0.192 e. The van der Waals surface area contributed by atoms with E-state index in [9.17, 15) is 4.79 Å². The van der Waals surface area contributed by atoms with Crippen molar-refractivity contribution in [3.8, 4) is 0 Å². The standard InChI is InChI=1S/C18H30Cl2O4Si/c1-17(2,3)25(4,5)24-13-12-18(9-10-21,16(20)15(13)19)23-14-8-6-7-11-22-14/h10,13-14H,6-9,11-12H2,1-5H3. The molecule has 25 heavy (non-hydrogen) atoms. The first-order valence-corrected chi connectivity index (χ1v) is 12.7. The van der Waals surface area contributed by atoms with Crippen LogP contribution in [0.2, 0.25) is 18.1 Å². The van der Waals surface area contributed by atoms with Crippen molar-refractivity contribution in [3.63, 3.8) is 0 Å². The number of aldehydes is 1. The van der Waals surface area contributed by atoms with E-state index < -0.39 is 13.9 Å². The fourth-order valence-electron chi connectivity index (χ4n) is 2.97. The van der Waals surface area contributed by atoms with Gasteiger partial charge in [-0.1, -0.05) is 44.0 Å². The van der Waals surface area contributed by atoms with E-state index in [1.165, 1.54) is 0 Å². The molecule has 2 rings (SSSR count). The summed E-state index contributed by atoms with van der Waals surface area (Å²) in [5.41, 5.74) is -0.935. The molecule has 1 saturated heterocycles. The molecule has 1 fully saturated rings. The van der Waals surface area contributed by atoms with Crippen LogP contribution in [0.3, 0.4) is 0 Å². The number of rotatable bonds is 6. The van der Waals surface area contributed by atoms with Gasteiger partial charge < -0.3 is 18.7 Å². The molecule has 0 aromatic carbocycles. The number of hydrogen-bond acceptors (Lipinski definition) is 4. The van der Waals surface area contributed by atoms with Gasteiger partial charge in [0, 0.05) is 19.4 Å². The maximum atomic E-state index is 11.3. The third-order valence-corrected chi connectivity index (χ3v) is 11.1. The maximum absolute atomic E-state index is 11.3. The van der Waals surface area contributed by atoms with Crippen LogP contribution in [0.25, 0.3) is 0 Å². The van der Waals surface area contributed by atoms with Crippen LogP contribution >= 0.6 is 23.2 Å². The molecule has 2 aliphatic rings. The molecule has 0 radical (unpaired) electrons. The first-order chi connectivity index (χ1) is 11.5. The van der Waals surface area contributed by atoms with Crippen molar-refractivity contribution < 1.29 is 18.7 Å². The lowest BCUT2D eigenvalue weighted by Crippen LogP contribution is -2.45. The molecular weight excluding hydrogens is 379 g/mol. The Bertz CT molecular complexity index is 524. The lowest BCUT2D eigenvalue weighted by atomic mass is 9.98. The summed E-state index contributed by atoms with van der Waals surface area (Å²) >= 11 is 13.1. The van der Waals surface area contributed by atoms with Crippen molar-refractivity contribution >= 4 is 37.8 Å². The van der Waals surface area contributed by atoms with E-state index in [-0.39, 0.29) is 23.9 Å². The number of halogens is 2. The lowest BCUT2D eigenvalue weighted by Gasteiger charge is -2.39. The SMILES string of the molecule is CC(C)(C)[Si](C)(C)OC1CC(CC=O)(OC2CCCCO2)C(Cl)=C1Cl. The molecule has 1 aliphatic heterocycles. The average Bonchev–Trinajstić information content (AvgIpc) is 2.72. The number of carbonyl (C=O) groups excluding carboxylic acids is 1. The third-order valence-electron chi connectivity index (χ3n) is 5.56. The zero-order valence-corrected chi connectivity index (χ0v) is 18.4. The summed E-state index contributed by atoms with van der Waals surface area (Å²) in [7, 11) is -2.03. The topological polar surface area (TPSA) is 44.8 Å². The molecule has 0 bridgehead atoms. The highest BCUT2D eigenvalue weighted by molar-refractivity contribution is 6.74. The summed E-state index contributed by atoms with van der Waals surface area (Å²) in [5, 5.41) is 0.906. The van der Waals surface area contributed by atoms with Crippen LogP contribution in [0.15, 0.2) is 10.1 Å². The Hall–Kier alpha value is 0.0869. The van der Waals surface area contributed by atoms with Crippen LogP contribution in [0.4, 0.5) is 0 Å². The fraction of sp³-hybridized carbons (Fsp3) is 0.833. The Morgan fingerprint density at radius 2 is 2.00 bits per heavy atom. The molecule has 0 spiro atoms. The molecule has 1 heterocycles. The van der Waals surface area contributed by atoms with Crippen LogP contribution < -0.4 is 0 Å². The Morgan fingerprint density at radius 1 is 1.32 bits per heavy atom. The summed E-state index contributed by atoms with van der Waals surface area (Å²) in [6.45, 7) is 11.6. The molecule has 0 aromatic heterocycles. The van der Waals surface area contributed by atoms with Crippen molar-refractivity contribution in [2.45, 2.75) is 89.0 Å². The zero-order chi connectivity index (χ0) is 18.9. The van der Waals surface area contributed by atoms with Gasteiger partial charge in [0.2, 0.25) is 0 Å². The van der Waals surface area contributed by atoms with Crippen molar-refractivity contribution in [1.29, 1.82) is 0 Å². The molecule has 0 aromatic rings. The predicted octanol–water partition coefficient (Wildman–Crippen LogP) is 5.34. The second-order valence-corrected chi connectivity index (χ2v) is 14.1. The number of ether oxygens (including phenoxy) is 2. The largest absolute Gasteiger partial charge is 0.409 e. The molecule has 1 aliphatic carbocycles. The van der Waals surface area contributed by atoms with Crippen molar-refractivity contribution in [1.82, 2.24) is 0 Å². The average molecular weight is 409 g/mol. The van der Waals surface area contributed by atoms with Gasteiger partial charge in [-0.3, -0.25) is 0 Å². The van der Waals surface area contributed by atoms with Crippen molar-refractivity contribution in [2.24, 2.45) is 0 Å². The number of hydrogen-bond donors (Lipinski definition) is 0. The quantitative estimate of drug-likeness (QED) is 0.439. The molecule has 144 valence electrons. The van der Waals surface area contributed by atoms with Crippen LogP contribution in [-0.4, -0.2) is 39.2 Å². The summed E-state index contributed by atoms with van der Waals surface area (Å²) in [5.74, 6) is 0. The van der Waals surface area contributed by atoms with E-state index in [0.717, 1.165) is 25.5 Å². The van der Waals surface area contributed by atoms with Gasteiger partial charge in [-0.15, -0.1) is 0 Å². The Labute approximate surface area is 162 Å². The normalized spacial score (nSPS) is 31.5. The van der Waals surface area contributed by atoms with Gasteiger partial charge in [-0.25, -0.2) is 0 Å². The zero-order valence-electron chi connectivity index (χ0n) is 15.9. The smallest absolute Gasteiger partial charge is 0.192 e. The molecule has 3 unspecified atom stereocenters. The van der Waals surface area contributed by atoms with Crippen molar-refractivity contribution in [3.05, 3.63) is 10.1 Å². The summed E-state index contributed by atoms with van der Waals surface area (Å²) in [6.07, 6.45) is 3.63. The van der Waals surface area contributed by atoms with Gasteiger partial charge in [0.15, 0.2) is 14.6 Å². The predicted molar refractivity (Wildman–Crippen MR) is 104 cm³/mol. The van der Waals surface area contributed by atoms with Gasteiger partial charge in [0.05, 0.1) is 16.2 Å². The second kappa shape index (κ2) is 7.99. The first-order valence-electron chi connectivity index (χ1n) is 8.99. The summed E-state index contributed by atoms with van der Waals surface area (Å²) < 4.78 is 18.4. The minimum absolute atomic E-state index is 0.0554. The number of carbonyl (C=O) groups is 1. The van der Waals surface area contributed by atoms with Gasteiger partial charge >= 0.3 is 0 Å². The molecular formula is C18H30Cl2O4Si. The van der Waals surface area contributed by atoms with E-state index in [1.54, 1.807) is 0 Å². The molecule has 0 N–H and O–H groups in total. The third kappa shape index (κ3) is 4.68. The van der Waals surface area contributed by atoms with Crippen LogP contribution in [-0.2, 0) is 18.7 Å². The van der Waals surface area contributed by atoms with Crippen LogP contribution in [0.1, 0.15) is 52.9 Å². The molecule has 7 heteroatoms. The molecule has 0 saturated carbocycles. The van der Waals surface area contributed by atoms with Crippen LogP contribution in [0.5, 0.6) is 0 Å². The first kappa shape index (κ1) is 21.4. The van der Waals surface area contributed by atoms with Gasteiger partial charge in [-0.05, 0) is 37.4 Å². The monoisotopic (exact) mass is 408 g/mol. The van der Waals surface area contributed by atoms with Gasteiger partial charge in [-0.2, -0.15) is 0 Å². The minimum atomic E-state index is -2.03. The Morgan fingerprint density at radius 3 is 2.52 bits per heavy atom.